The van der Waals surface area contributed by atoms with E-state index in [4.69, 9.17) is 9.47 Å². The number of ketones is 1. The molecule has 17 heavy (non-hydrogen) atoms. The summed E-state index contributed by atoms with van der Waals surface area (Å²) in [5.74, 6) is 0.434. The normalized spacial score (nSPS) is 12.3. The molecule has 2 rings (SSSR count). The van der Waals surface area contributed by atoms with Crippen molar-refractivity contribution in [2.75, 3.05) is 13.3 Å². The van der Waals surface area contributed by atoms with Crippen LogP contribution in [0.25, 0.3) is 0 Å². The van der Waals surface area contributed by atoms with Gasteiger partial charge < -0.3 is 14.8 Å². The minimum atomic E-state index is -0.550. The quantitative estimate of drug-likeness (QED) is 0.779. The number of hydrogen-bond acceptors (Lipinski definition) is 4. The maximum absolute atomic E-state index is 11.0. The maximum Gasteiger partial charge on any atom is 0.287 e. The topological polar surface area (TPSA) is 64.6 Å². The van der Waals surface area contributed by atoms with Crippen LogP contribution in [0.4, 0.5) is 0 Å². The summed E-state index contributed by atoms with van der Waals surface area (Å²) in [5, 5.41) is 2.54. The zero-order valence-electron chi connectivity index (χ0n) is 9.49. The summed E-state index contributed by atoms with van der Waals surface area (Å²) < 4.78 is 10.4. The molecule has 0 aromatic heterocycles. The molecule has 1 aromatic carbocycles. The Balaban J connectivity index is 1.87. The summed E-state index contributed by atoms with van der Waals surface area (Å²) in [5.41, 5.74) is 1.03. The van der Waals surface area contributed by atoms with Crippen LogP contribution in [0.5, 0.6) is 11.5 Å². The first kappa shape index (κ1) is 11.4. The molecule has 1 heterocycles. The third-order valence-electron chi connectivity index (χ3n) is 2.46. The monoisotopic (exact) mass is 235 g/mol. The molecule has 1 amide bonds. The number of fused-ring (bicyclic) bond motifs is 1. The Kier molecular flexibility index (Phi) is 3.27. The lowest BCUT2D eigenvalue weighted by atomic mass is 10.1. The fraction of sp³-hybridized carbons (Fsp3) is 0.333. The molecule has 0 unspecified atom stereocenters. The van der Waals surface area contributed by atoms with Gasteiger partial charge in [-0.1, -0.05) is 6.07 Å². The van der Waals surface area contributed by atoms with Crippen LogP contribution in [0.15, 0.2) is 18.2 Å². The van der Waals surface area contributed by atoms with Crippen LogP contribution in [-0.4, -0.2) is 25.0 Å². The summed E-state index contributed by atoms with van der Waals surface area (Å²) >= 11 is 0. The lowest BCUT2D eigenvalue weighted by Gasteiger charge is -2.04. The molecular weight excluding hydrogens is 222 g/mol. The van der Waals surface area contributed by atoms with Gasteiger partial charge in [-0.05, 0) is 24.1 Å². The van der Waals surface area contributed by atoms with Crippen LogP contribution in [-0.2, 0) is 16.0 Å². The zero-order chi connectivity index (χ0) is 12.3. The highest BCUT2D eigenvalue weighted by Gasteiger charge is 2.13. The Morgan fingerprint density at radius 1 is 1.29 bits per heavy atom. The highest BCUT2D eigenvalue weighted by atomic mass is 16.7. The van der Waals surface area contributed by atoms with Crippen molar-refractivity contribution in [2.24, 2.45) is 0 Å². The Labute approximate surface area is 98.7 Å². The predicted molar refractivity (Wildman–Crippen MR) is 60.0 cm³/mol. The maximum atomic E-state index is 11.0. The molecule has 5 heteroatoms. The summed E-state index contributed by atoms with van der Waals surface area (Å²) in [6.07, 6.45) is 0.648. The van der Waals surface area contributed by atoms with Crippen molar-refractivity contribution in [3.63, 3.8) is 0 Å². The molecule has 1 aliphatic rings. The van der Waals surface area contributed by atoms with E-state index in [0.717, 1.165) is 17.1 Å². The van der Waals surface area contributed by atoms with Crippen LogP contribution in [0.2, 0.25) is 0 Å². The van der Waals surface area contributed by atoms with E-state index in [1.165, 1.54) is 6.92 Å². The molecular formula is C12H13NO4. The molecule has 0 spiro atoms. The van der Waals surface area contributed by atoms with Gasteiger partial charge in [0.25, 0.3) is 5.91 Å². The second-order valence-corrected chi connectivity index (χ2v) is 3.75. The number of carbonyl (C=O) groups is 2. The van der Waals surface area contributed by atoms with Gasteiger partial charge in [0.1, 0.15) is 0 Å². The first-order chi connectivity index (χ1) is 8.16. The van der Waals surface area contributed by atoms with Gasteiger partial charge >= 0.3 is 0 Å². The first-order valence-corrected chi connectivity index (χ1v) is 5.34. The van der Waals surface area contributed by atoms with Crippen LogP contribution in [0, 0.1) is 0 Å². The highest BCUT2D eigenvalue weighted by Crippen LogP contribution is 2.32. The van der Waals surface area contributed by atoms with Gasteiger partial charge in [-0.25, -0.2) is 0 Å². The third kappa shape index (κ3) is 2.75. The van der Waals surface area contributed by atoms with Crippen LogP contribution in [0.1, 0.15) is 12.5 Å². The van der Waals surface area contributed by atoms with E-state index in [1.54, 1.807) is 0 Å². The molecule has 0 aliphatic carbocycles. The summed E-state index contributed by atoms with van der Waals surface area (Å²) in [6, 6.07) is 5.63. The van der Waals surface area contributed by atoms with Gasteiger partial charge in [0.2, 0.25) is 12.6 Å². The second kappa shape index (κ2) is 4.86. The molecule has 5 nitrogen and oxygen atoms in total. The Hall–Kier alpha value is -2.04. The molecule has 0 saturated heterocycles. The number of benzene rings is 1. The van der Waals surface area contributed by atoms with E-state index in [9.17, 15) is 9.59 Å². The van der Waals surface area contributed by atoms with Gasteiger partial charge in [0.15, 0.2) is 11.5 Å². The minimum absolute atomic E-state index is 0.250. The largest absolute Gasteiger partial charge is 0.454 e. The number of ether oxygens (including phenoxy) is 2. The predicted octanol–water partition coefficient (Wildman–Crippen LogP) is 0.663. The number of Topliss-reactive ketones (excluding diaryl/α,β-unsaturated/α-hetero) is 1. The van der Waals surface area contributed by atoms with Crippen molar-refractivity contribution >= 4 is 11.7 Å². The van der Waals surface area contributed by atoms with Crippen LogP contribution < -0.4 is 14.8 Å². The van der Waals surface area contributed by atoms with E-state index in [-0.39, 0.29) is 6.79 Å². The van der Waals surface area contributed by atoms with Gasteiger partial charge in [0, 0.05) is 13.5 Å². The Bertz CT molecular complexity index is 456. The highest BCUT2D eigenvalue weighted by molar-refractivity contribution is 6.35. The third-order valence-corrected chi connectivity index (χ3v) is 2.46. The standard InChI is InChI=1S/C12H13NO4/c1-8(14)12(15)13-5-4-9-2-3-10-11(6-9)17-7-16-10/h2-3,6H,4-5,7H2,1H3,(H,13,15). The van der Waals surface area contributed by atoms with E-state index in [2.05, 4.69) is 5.32 Å². The average Bonchev–Trinajstić information content (AvgIpc) is 2.75. The van der Waals surface area contributed by atoms with Crippen LogP contribution >= 0.6 is 0 Å². The fourth-order valence-electron chi connectivity index (χ4n) is 1.54. The molecule has 0 fully saturated rings. The molecule has 90 valence electrons. The number of carbonyl (C=O) groups excluding carboxylic acids is 2. The first-order valence-electron chi connectivity index (χ1n) is 5.34. The number of amides is 1. The van der Waals surface area contributed by atoms with E-state index in [1.807, 2.05) is 18.2 Å². The van der Waals surface area contributed by atoms with E-state index in [0.29, 0.717) is 13.0 Å². The molecule has 0 atom stereocenters. The molecule has 1 aliphatic heterocycles. The smallest absolute Gasteiger partial charge is 0.287 e. The minimum Gasteiger partial charge on any atom is -0.454 e. The van der Waals surface area contributed by atoms with Gasteiger partial charge in [-0.3, -0.25) is 9.59 Å². The number of hydrogen-bond donors (Lipinski definition) is 1. The van der Waals surface area contributed by atoms with Gasteiger partial charge in [0.05, 0.1) is 0 Å². The summed E-state index contributed by atoms with van der Waals surface area (Å²) in [6.45, 7) is 1.92. The molecule has 0 bridgehead atoms. The van der Waals surface area contributed by atoms with Crippen molar-refractivity contribution < 1.29 is 19.1 Å². The van der Waals surface area contributed by atoms with Crippen molar-refractivity contribution in [2.45, 2.75) is 13.3 Å². The number of nitrogens with one attached hydrogen (secondary N) is 1. The van der Waals surface area contributed by atoms with E-state index >= 15 is 0 Å². The Morgan fingerprint density at radius 2 is 2.06 bits per heavy atom. The average molecular weight is 235 g/mol. The lowest BCUT2D eigenvalue weighted by molar-refractivity contribution is -0.136. The molecule has 1 aromatic rings. The molecule has 0 radical (unpaired) electrons. The zero-order valence-corrected chi connectivity index (χ0v) is 9.49. The van der Waals surface area contributed by atoms with Crippen molar-refractivity contribution in [1.29, 1.82) is 0 Å². The second-order valence-electron chi connectivity index (χ2n) is 3.75. The Morgan fingerprint density at radius 3 is 2.82 bits per heavy atom. The summed E-state index contributed by atoms with van der Waals surface area (Å²) in [7, 11) is 0. The number of rotatable bonds is 4. The van der Waals surface area contributed by atoms with Crippen molar-refractivity contribution in [1.82, 2.24) is 5.32 Å². The van der Waals surface area contributed by atoms with Crippen molar-refractivity contribution in [3.05, 3.63) is 23.8 Å². The summed E-state index contributed by atoms with van der Waals surface area (Å²) in [4.78, 5) is 21.7. The van der Waals surface area contributed by atoms with Crippen LogP contribution in [0.3, 0.4) is 0 Å². The lowest BCUT2D eigenvalue weighted by Crippen LogP contribution is -2.30. The molecule has 0 saturated carbocycles. The van der Waals surface area contributed by atoms with Gasteiger partial charge in [-0.2, -0.15) is 0 Å². The van der Waals surface area contributed by atoms with Crippen molar-refractivity contribution in [3.8, 4) is 11.5 Å². The SMILES string of the molecule is CC(=O)C(=O)NCCc1ccc2c(c1)OCO2. The van der Waals surface area contributed by atoms with Gasteiger partial charge in [-0.15, -0.1) is 0 Å². The fourth-order valence-corrected chi connectivity index (χ4v) is 1.54. The van der Waals surface area contributed by atoms with E-state index < -0.39 is 11.7 Å². The molecule has 1 N–H and O–H groups in total.